The van der Waals surface area contributed by atoms with Crippen LogP contribution in [0.2, 0.25) is 0 Å². The summed E-state index contributed by atoms with van der Waals surface area (Å²) < 4.78 is 3.65. The minimum absolute atomic E-state index is 0.383. The Labute approximate surface area is 49.5 Å². The van der Waals surface area contributed by atoms with E-state index < -0.39 is 11.1 Å². The van der Waals surface area contributed by atoms with Gasteiger partial charge in [-0.1, -0.05) is 0 Å². The number of carboxylic acid groups (broad SMARTS) is 1. The molecule has 0 aromatic rings. The van der Waals surface area contributed by atoms with Crippen molar-refractivity contribution in [3.8, 4) is 0 Å². The zero-order valence-corrected chi connectivity index (χ0v) is 4.18. The molecule has 0 aliphatic rings. The molecule has 0 aliphatic heterocycles. The van der Waals surface area contributed by atoms with Crippen LogP contribution < -0.4 is 0 Å². The Morgan fingerprint density at radius 1 is 1.78 bits per heavy atom. The lowest BCUT2D eigenvalue weighted by Crippen LogP contribution is -1.93. The van der Waals surface area contributed by atoms with Crippen LogP contribution in [0.5, 0.6) is 0 Å². The van der Waals surface area contributed by atoms with E-state index in [1.54, 1.807) is 0 Å². The van der Waals surface area contributed by atoms with Gasteiger partial charge in [0.25, 0.3) is 6.20 Å². The van der Waals surface area contributed by atoms with E-state index in [-0.39, 0.29) is 0 Å². The molecule has 0 unspecified atom stereocenters. The molecule has 0 heterocycles. The maximum Gasteiger partial charge on any atom is 0.510 e. The van der Waals surface area contributed by atoms with E-state index in [4.69, 9.17) is 5.11 Å². The van der Waals surface area contributed by atoms with Crippen LogP contribution in [0.4, 0.5) is 4.79 Å². The molecule has 1 N–H and O–H groups in total. The van der Waals surface area contributed by atoms with Crippen LogP contribution in [0.25, 0.3) is 0 Å². The summed E-state index contributed by atoms with van der Waals surface area (Å²) in [6, 6.07) is 0. The first-order valence-corrected chi connectivity index (χ1v) is 1.82. The fraction of sp³-hybridized carbons (Fsp3) is 0. The molecule has 0 bridgehead atoms. The third-order valence-electron chi connectivity index (χ3n) is 0.351. The molecule has 0 saturated carbocycles. The number of nitro groups is 1. The van der Waals surface area contributed by atoms with E-state index in [0.717, 1.165) is 0 Å². The summed E-state index contributed by atoms with van der Waals surface area (Å²) in [5, 5.41) is 17.2. The lowest BCUT2D eigenvalue weighted by atomic mass is 11.0. The summed E-state index contributed by atoms with van der Waals surface area (Å²) in [7, 11) is 0. The van der Waals surface area contributed by atoms with Crippen LogP contribution in [0.1, 0.15) is 0 Å². The van der Waals surface area contributed by atoms with E-state index in [9.17, 15) is 14.9 Å². The van der Waals surface area contributed by atoms with Gasteiger partial charge >= 0.3 is 6.16 Å². The monoisotopic (exact) mass is 133 g/mol. The van der Waals surface area contributed by atoms with Gasteiger partial charge < -0.3 is 9.84 Å². The van der Waals surface area contributed by atoms with Crippen molar-refractivity contribution in [3.05, 3.63) is 22.6 Å². The molecule has 0 aliphatic carbocycles. The molecule has 0 atom stereocenters. The topological polar surface area (TPSA) is 89.7 Å². The number of ether oxygens (including phenoxy) is 1. The third kappa shape index (κ3) is 6.41. The first-order valence-electron chi connectivity index (χ1n) is 1.82. The third-order valence-corrected chi connectivity index (χ3v) is 0.351. The van der Waals surface area contributed by atoms with Crippen molar-refractivity contribution >= 4 is 6.16 Å². The number of carbonyl (C=O) groups is 1. The summed E-state index contributed by atoms with van der Waals surface area (Å²) in [6.07, 6.45) is -0.718. The molecule has 6 heteroatoms. The van der Waals surface area contributed by atoms with Gasteiger partial charge in [-0.25, -0.2) is 4.79 Å². The predicted octanol–water partition coefficient (Wildman–Crippen LogP) is 0.429. The second-order valence-electron chi connectivity index (χ2n) is 0.954. The van der Waals surface area contributed by atoms with E-state index in [1.807, 2.05) is 0 Å². The van der Waals surface area contributed by atoms with E-state index in [1.165, 1.54) is 0 Å². The predicted molar refractivity (Wildman–Crippen MR) is 25.2 cm³/mol. The van der Waals surface area contributed by atoms with Crippen LogP contribution in [-0.2, 0) is 4.74 Å². The summed E-state index contributed by atoms with van der Waals surface area (Å²) in [4.78, 5) is 18.1. The van der Waals surface area contributed by atoms with Gasteiger partial charge in [0, 0.05) is 0 Å². The molecule has 0 fully saturated rings. The molecular formula is C3H3NO5. The lowest BCUT2D eigenvalue weighted by molar-refractivity contribution is -0.403. The quantitative estimate of drug-likeness (QED) is 0.255. The fourth-order valence-electron chi connectivity index (χ4n) is 0.138. The number of rotatable bonds is 2. The molecule has 0 spiro atoms. The Bertz CT molecular complexity index is 150. The van der Waals surface area contributed by atoms with Crippen LogP contribution >= 0.6 is 0 Å². The van der Waals surface area contributed by atoms with Crippen LogP contribution in [0, 0.1) is 10.1 Å². The second-order valence-corrected chi connectivity index (χ2v) is 0.954. The molecule has 9 heavy (non-hydrogen) atoms. The highest BCUT2D eigenvalue weighted by Crippen LogP contribution is 1.78. The standard InChI is InChI=1S/C3H3NO5/c5-3(6)9-2-1-4(7)8/h1-2H,(H,5,6). The zero-order valence-electron chi connectivity index (χ0n) is 4.18. The second kappa shape index (κ2) is 3.42. The van der Waals surface area contributed by atoms with Crippen molar-refractivity contribution in [1.82, 2.24) is 0 Å². The van der Waals surface area contributed by atoms with Crippen molar-refractivity contribution < 1.29 is 19.6 Å². The average molecular weight is 133 g/mol. The van der Waals surface area contributed by atoms with Gasteiger partial charge in [0.1, 0.15) is 0 Å². The fourth-order valence-corrected chi connectivity index (χ4v) is 0.138. The maximum atomic E-state index is 9.48. The first-order chi connectivity index (χ1) is 4.13. The first kappa shape index (κ1) is 7.41. The normalized spacial score (nSPS) is 9.33. The van der Waals surface area contributed by atoms with Crippen molar-refractivity contribution in [3.63, 3.8) is 0 Å². The Hall–Kier alpha value is -1.59. The Morgan fingerprint density at radius 2 is 2.33 bits per heavy atom. The SMILES string of the molecule is O=C(O)OC=C[N+](=O)[O-]. The molecule has 0 amide bonds. The van der Waals surface area contributed by atoms with E-state index >= 15 is 0 Å². The Morgan fingerprint density at radius 3 is 2.67 bits per heavy atom. The zero-order chi connectivity index (χ0) is 7.28. The molecule has 0 rings (SSSR count). The number of hydrogen-bond acceptors (Lipinski definition) is 4. The largest absolute Gasteiger partial charge is 0.510 e. The van der Waals surface area contributed by atoms with E-state index in [0.29, 0.717) is 12.5 Å². The van der Waals surface area contributed by atoms with Gasteiger partial charge in [0.2, 0.25) is 0 Å². The highest BCUT2D eigenvalue weighted by Gasteiger charge is 1.91. The van der Waals surface area contributed by atoms with Crippen molar-refractivity contribution in [2.24, 2.45) is 0 Å². The van der Waals surface area contributed by atoms with Gasteiger partial charge in [-0.05, 0) is 0 Å². The van der Waals surface area contributed by atoms with Gasteiger partial charge in [-0.3, -0.25) is 10.1 Å². The molecule has 6 nitrogen and oxygen atoms in total. The Kier molecular flexibility index (Phi) is 2.81. The van der Waals surface area contributed by atoms with Gasteiger partial charge in [-0.15, -0.1) is 0 Å². The highest BCUT2D eigenvalue weighted by molar-refractivity contribution is 5.57. The summed E-state index contributed by atoms with van der Waals surface area (Å²) in [6.45, 7) is 0. The summed E-state index contributed by atoms with van der Waals surface area (Å²) >= 11 is 0. The minimum atomic E-state index is -1.58. The molecular weight excluding hydrogens is 130 g/mol. The van der Waals surface area contributed by atoms with Gasteiger partial charge in [0.05, 0.1) is 4.92 Å². The average Bonchev–Trinajstić information content (AvgIpc) is 1.63. The summed E-state index contributed by atoms with van der Waals surface area (Å²) in [5.41, 5.74) is 0. The highest BCUT2D eigenvalue weighted by atomic mass is 16.7. The number of hydrogen-bond donors (Lipinski definition) is 1. The van der Waals surface area contributed by atoms with Crippen molar-refractivity contribution in [2.45, 2.75) is 0 Å². The molecule has 0 radical (unpaired) electrons. The van der Waals surface area contributed by atoms with Crippen LogP contribution in [0.15, 0.2) is 12.5 Å². The molecule has 0 saturated heterocycles. The molecule has 0 aromatic carbocycles. The maximum absolute atomic E-state index is 9.48. The Balaban J connectivity index is 3.48. The van der Waals surface area contributed by atoms with Gasteiger partial charge in [-0.2, -0.15) is 0 Å². The van der Waals surface area contributed by atoms with Crippen molar-refractivity contribution in [2.75, 3.05) is 0 Å². The van der Waals surface area contributed by atoms with Crippen LogP contribution in [-0.4, -0.2) is 16.2 Å². The number of nitrogens with zero attached hydrogens (tertiary/aromatic N) is 1. The minimum Gasteiger partial charge on any atom is -0.449 e. The van der Waals surface area contributed by atoms with Gasteiger partial charge in [0.15, 0.2) is 6.26 Å². The smallest absolute Gasteiger partial charge is 0.449 e. The van der Waals surface area contributed by atoms with Crippen LogP contribution in [0.3, 0.4) is 0 Å². The summed E-state index contributed by atoms with van der Waals surface area (Å²) in [5.74, 6) is 0. The van der Waals surface area contributed by atoms with E-state index in [2.05, 4.69) is 4.74 Å². The lowest BCUT2D eigenvalue weighted by Gasteiger charge is -1.83. The molecule has 0 aromatic heterocycles. The van der Waals surface area contributed by atoms with Crippen molar-refractivity contribution in [1.29, 1.82) is 0 Å². The molecule has 50 valence electrons.